The molecular formula is C12H9F3N2OS. The van der Waals surface area contributed by atoms with Crippen LogP contribution in [0.5, 0.6) is 0 Å². The number of carbonyl (C=O) groups excluding carboxylic acids is 1. The van der Waals surface area contributed by atoms with Crippen LogP contribution in [-0.2, 0) is 6.18 Å². The Morgan fingerprint density at radius 2 is 1.89 bits per heavy atom. The second kappa shape index (κ2) is 5.00. The van der Waals surface area contributed by atoms with Crippen LogP contribution in [0.15, 0.2) is 30.5 Å². The quantitative estimate of drug-likeness (QED) is 0.863. The normalized spacial score (nSPS) is 11.4. The molecule has 0 atom stereocenters. The van der Waals surface area contributed by atoms with E-state index in [0.29, 0.717) is 15.7 Å². The Labute approximate surface area is 111 Å². The number of anilines is 2. The van der Waals surface area contributed by atoms with Crippen LogP contribution in [0.4, 0.5) is 24.0 Å². The van der Waals surface area contributed by atoms with Gasteiger partial charge in [0.1, 0.15) is 0 Å². The van der Waals surface area contributed by atoms with Gasteiger partial charge in [-0.1, -0.05) is 11.3 Å². The van der Waals surface area contributed by atoms with Crippen molar-refractivity contribution < 1.29 is 18.0 Å². The minimum absolute atomic E-state index is 0.0991. The van der Waals surface area contributed by atoms with Gasteiger partial charge in [0.05, 0.1) is 16.6 Å². The Kier molecular flexibility index (Phi) is 3.57. The maximum Gasteiger partial charge on any atom is 0.416 e. The summed E-state index contributed by atoms with van der Waals surface area (Å²) < 4.78 is 37.1. The van der Waals surface area contributed by atoms with Crippen LogP contribution in [0, 0.1) is 0 Å². The molecule has 1 aromatic carbocycles. The first kappa shape index (κ1) is 13.5. The third kappa shape index (κ3) is 3.31. The maximum absolute atomic E-state index is 12.4. The van der Waals surface area contributed by atoms with E-state index in [2.05, 4.69) is 10.3 Å². The highest BCUT2D eigenvalue weighted by Crippen LogP contribution is 2.30. The van der Waals surface area contributed by atoms with Crippen molar-refractivity contribution in [3.8, 4) is 0 Å². The summed E-state index contributed by atoms with van der Waals surface area (Å²) >= 11 is 1.15. The zero-order valence-electron chi connectivity index (χ0n) is 9.78. The van der Waals surface area contributed by atoms with E-state index in [1.54, 1.807) is 0 Å². The lowest BCUT2D eigenvalue weighted by Gasteiger charge is -2.07. The van der Waals surface area contributed by atoms with Crippen molar-refractivity contribution in [2.24, 2.45) is 0 Å². The molecule has 0 radical (unpaired) electrons. The Bertz CT molecular complexity index is 590. The summed E-state index contributed by atoms with van der Waals surface area (Å²) in [5.74, 6) is -0.0991. The monoisotopic (exact) mass is 286 g/mol. The molecule has 2 aromatic rings. The van der Waals surface area contributed by atoms with Crippen molar-refractivity contribution in [1.29, 1.82) is 0 Å². The third-order valence-electron chi connectivity index (χ3n) is 2.32. The first-order valence-corrected chi connectivity index (χ1v) is 6.09. The third-order valence-corrected chi connectivity index (χ3v) is 3.33. The first-order valence-electron chi connectivity index (χ1n) is 5.27. The molecule has 3 nitrogen and oxygen atoms in total. The summed E-state index contributed by atoms with van der Waals surface area (Å²) in [5, 5.41) is 3.31. The van der Waals surface area contributed by atoms with Gasteiger partial charge in [-0.15, -0.1) is 0 Å². The van der Waals surface area contributed by atoms with Gasteiger partial charge in [-0.3, -0.25) is 4.79 Å². The van der Waals surface area contributed by atoms with Gasteiger partial charge in [0.25, 0.3) is 0 Å². The average Bonchev–Trinajstić information content (AvgIpc) is 2.77. The number of hydrogen-bond donors (Lipinski definition) is 1. The maximum atomic E-state index is 12.4. The molecule has 0 aliphatic carbocycles. The molecule has 0 spiro atoms. The van der Waals surface area contributed by atoms with Gasteiger partial charge < -0.3 is 5.32 Å². The number of hydrogen-bond acceptors (Lipinski definition) is 4. The highest BCUT2D eigenvalue weighted by molar-refractivity contribution is 7.17. The van der Waals surface area contributed by atoms with Crippen molar-refractivity contribution >= 4 is 27.9 Å². The summed E-state index contributed by atoms with van der Waals surface area (Å²) in [7, 11) is 0. The Morgan fingerprint density at radius 1 is 1.26 bits per heavy atom. The molecule has 0 amide bonds. The van der Waals surface area contributed by atoms with E-state index in [-0.39, 0.29) is 5.78 Å². The van der Waals surface area contributed by atoms with Gasteiger partial charge in [0, 0.05) is 12.6 Å². The molecule has 0 bridgehead atoms. The number of rotatable bonds is 3. The SMILES string of the molecule is CC(=O)c1cnc(Nc2ccc(C(F)(F)F)cc2)s1. The number of carbonyl (C=O) groups is 1. The number of Topliss-reactive ketones (excluding diaryl/α,β-unsaturated/α-hetero) is 1. The predicted octanol–water partition coefficient (Wildman–Crippen LogP) is 4.11. The number of ketones is 1. The molecule has 1 aromatic heterocycles. The first-order chi connectivity index (χ1) is 8.86. The zero-order valence-corrected chi connectivity index (χ0v) is 10.6. The fraction of sp³-hybridized carbons (Fsp3) is 0.167. The average molecular weight is 286 g/mol. The van der Waals surface area contributed by atoms with Gasteiger partial charge in [0.2, 0.25) is 0 Å². The van der Waals surface area contributed by atoms with Crippen LogP contribution in [0.25, 0.3) is 0 Å². The minimum Gasteiger partial charge on any atom is -0.332 e. The lowest BCUT2D eigenvalue weighted by Crippen LogP contribution is -2.04. The Morgan fingerprint density at radius 3 is 2.37 bits per heavy atom. The van der Waals surface area contributed by atoms with Gasteiger partial charge >= 0.3 is 6.18 Å². The highest BCUT2D eigenvalue weighted by Gasteiger charge is 2.29. The van der Waals surface area contributed by atoms with Crippen molar-refractivity contribution in [2.45, 2.75) is 13.1 Å². The largest absolute Gasteiger partial charge is 0.416 e. The summed E-state index contributed by atoms with van der Waals surface area (Å²) in [6, 6.07) is 4.61. The van der Waals surface area contributed by atoms with Gasteiger partial charge in [0.15, 0.2) is 10.9 Å². The van der Waals surface area contributed by atoms with Crippen molar-refractivity contribution in [3.63, 3.8) is 0 Å². The van der Waals surface area contributed by atoms with Gasteiger partial charge in [-0.2, -0.15) is 13.2 Å². The summed E-state index contributed by atoms with van der Waals surface area (Å²) in [6.07, 6.45) is -2.92. The van der Waals surface area contributed by atoms with Crippen molar-refractivity contribution in [3.05, 3.63) is 40.9 Å². The van der Waals surface area contributed by atoms with Gasteiger partial charge in [-0.25, -0.2) is 4.98 Å². The number of halogens is 3. The van der Waals surface area contributed by atoms with Gasteiger partial charge in [-0.05, 0) is 24.3 Å². The Hall–Kier alpha value is -1.89. The smallest absolute Gasteiger partial charge is 0.332 e. The number of nitrogens with zero attached hydrogens (tertiary/aromatic N) is 1. The number of nitrogens with one attached hydrogen (secondary N) is 1. The topological polar surface area (TPSA) is 42.0 Å². The number of benzene rings is 1. The molecule has 0 aliphatic rings. The van der Waals surface area contributed by atoms with E-state index in [1.807, 2.05) is 0 Å². The summed E-state index contributed by atoms with van der Waals surface area (Å²) in [6.45, 7) is 1.43. The number of aromatic nitrogens is 1. The number of thiazole rings is 1. The van der Waals surface area contributed by atoms with Crippen LogP contribution in [0.2, 0.25) is 0 Å². The summed E-state index contributed by atoms with van der Waals surface area (Å²) in [4.78, 5) is 15.5. The highest BCUT2D eigenvalue weighted by atomic mass is 32.1. The molecule has 1 N–H and O–H groups in total. The van der Waals surface area contributed by atoms with E-state index >= 15 is 0 Å². The molecule has 0 aliphatic heterocycles. The molecule has 7 heteroatoms. The van der Waals surface area contributed by atoms with Crippen LogP contribution < -0.4 is 5.32 Å². The van der Waals surface area contributed by atoms with Crippen LogP contribution in [0.1, 0.15) is 22.2 Å². The summed E-state index contributed by atoms with van der Waals surface area (Å²) in [5.41, 5.74) is -0.223. The van der Waals surface area contributed by atoms with E-state index < -0.39 is 11.7 Å². The second-order valence-corrected chi connectivity index (χ2v) is 4.82. The van der Waals surface area contributed by atoms with E-state index in [0.717, 1.165) is 23.5 Å². The molecular weight excluding hydrogens is 277 g/mol. The molecule has 19 heavy (non-hydrogen) atoms. The van der Waals surface area contributed by atoms with E-state index in [9.17, 15) is 18.0 Å². The molecule has 0 saturated carbocycles. The lowest BCUT2D eigenvalue weighted by atomic mass is 10.2. The fourth-order valence-electron chi connectivity index (χ4n) is 1.36. The van der Waals surface area contributed by atoms with Crippen LogP contribution >= 0.6 is 11.3 Å². The minimum atomic E-state index is -4.35. The molecule has 0 unspecified atom stereocenters. The van der Waals surface area contributed by atoms with Crippen LogP contribution in [0.3, 0.4) is 0 Å². The van der Waals surface area contributed by atoms with Crippen molar-refractivity contribution in [2.75, 3.05) is 5.32 Å². The fourth-order valence-corrected chi connectivity index (χ4v) is 2.09. The van der Waals surface area contributed by atoms with E-state index in [4.69, 9.17) is 0 Å². The predicted molar refractivity (Wildman–Crippen MR) is 66.8 cm³/mol. The number of alkyl halides is 3. The molecule has 1 heterocycles. The van der Waals surface area contributed by atoms with Crippen LogP contribution in [-0.4, -0.2) is 10.8 Å². The van der Waals surface area contributed by atoms with Crippen molar-refractivity contribution in [1.82, 2.24) is 4.98 Å². The molecule has 100 valence electrons. The standard InChI is InChI=1S/C12H9F3N2OS/c1-7(18)10-6-16-11(19-10)17-9-4-2-8(3-5-9)12(13,14)15/h2-6H,1H3,(H,16,17). The second-order valence-electron chi connectivity index (χ2n) is 3.79. The zero-order chi connectivity index (χ0) is 14.0. The molecule has 2 rings (SSSR count). The molecule has 0 fully saturated rings. The molecule has 0 saturated heterocycles. The van der Waals surface area contributed by atoms with E-state index in [1.165, 1.54) is 25.3 Å². The lowest BCUT2D eigenvalue weighted by molar-refractivity contribution is -0.137. The Balaban J connectivity index is 2.13.